The van der Waals surface area contributed by atoms with Gasteiger partial charge in [-0.15, -0.1) is 0 Å². The van der Waals surface area contributed by atoms with Gasteiger partial charge in [0, 0.05) is 39.6 Å². The molecule has 4 aromatic rings. The summed E-state index contributed by atoms with van der Waals surface area (Å²) in [6.07, 6.45) is 3.93. The molecule has 0 aliphatic carbocycles. The minimum absolute atomic E-state index is 0.0667. The molecule has 3 heterocycles. The first-order valence-electron chi connectivity index (χ1n) is 11.5. The van der Waals surface area contributed by atoms with E-state index in [1.54, 1.807) is 18.3 Å². The molecule has 178 valence electrons. The summed E-state index contributed by atoms with van der Waals surface area (Å²) in [6.45, 7) is 11.3. The summed E-state index contributed by atoms with van der Waals surface area (Å²) in [7, 11) is -2.02. The van der Waals surface area contributed by atoms with Crippen LogP contribution in [0.15, 0.2) is 60.9 Å². The average molecular weight is 496 g/mol. The van der Waals surface area contributed by atoms with Crippen LogP contribution in [-0.4, -0.2) is 27.5 Å². The van der Waals surface area contributed by atoms with Gasteiger partial charge in [-0.3, -0.25) is 0 Å². The molecule has 0 amide bonds. The van der Waals surface area contributed by atoms with Gasteiger partial charge in [-0.2, -0.15) is 4.39 Å². The molecule has 0 bridgehead atoms. The number of halogens is 2. The summed E-state index contributed by atoms with van der Waals surface area (Å²) >= 11 is 5.94. The zero-order chi connectivity index (χ0) is 24.7. The van der Waals surface area contributed by atoms with Crippen LogP contribution in [-0.2, 0) is 12.8 Å². The Morgan fingerprint density at radius 3 is 2.38 bits per heavy atom. The van der Waals surface area contributed by atoms with Crippen molar-refractivity contribution in [1.82, 2.24) is 14.2 Å². The summed E-state index contributed by atoms with van der Waals surface area (Å²) in [6, 6.07) is 14.9. The Labute approximate surface area is 206 Å². The summed E-state index contributed by atoms with van der Waals surface area (Å²) in [5, 5.41) is 12.9. The van der Waals surface area contributed by atoms with E-state index in [9.17, 15) is 5.11 Å². The number of fused-ring (bicyclic) bond motifs is 1. The van der Waals surface area contributed by atoms with E-state index in [2.05, 4.69) is 48.1 Å². The number of nitrogens with zero attached hydrogens (tertiary/aromatic N) is 3. The van der Waals surface area contributed by atoms with Crippen LogP contribution in [0.1, 0.15) is 49.3 Å². The van der Waals surface area contributed by atoms with Crippen molar-refractivity contribution >= 4 is 30.9 Å². The predicted octanol–water partition coefficient (Wildman–Crippen LogP) is 6.94. The van der Waals surface area contributed by atoms with E-state index in [4.69, 9.17) is 11.6 Å². The molecule has 0 fully saturated rings. The Bertz CT molecular complexity index is 1310. The minimum atomic E-state index is -2.02. The number of hydrogen-bond donors (Lipinski definition) is 1. The number of aliphatic hydroxyl groups is 1. The molecule has 3 aromatic heterocycles. The Morgan fingerprint density at radius 1 is 1.03 bits per heavy atom. The molecular formula is C27H31ClFN3OSi. The minimum Gasteiger partial charge on any atom is -0.383 e. The predicted molar refractivity (Wildman–Crippen MR) is 139 cm³/mol. The second-order valence-electron chi connectivity index (χ2n) is 10.3. The molecule has 7 heteroatoms. The van der Waals surface area contributed by atoms with Crippen molar-refractivity contribution in [2.24, 2.45) is 0 Å². The number of aromatic nitrogens is 3. The third-order valence-electron chi connectivity index (χ3n) is 7.14. The van der Waals surface area contributed by atoms with Crippen LogP contribution in [0.5, 0.6) is 0 Å². The van der Waals surface area contributed by atoms with Gasteiger partial charge in [0.2, 0.25) is 5.95 Å². The quantitative estimate of drug-likeness (QED) is 0.233. The normalized spacial score (nSPS) is 13.4. The molecule has 0 aliphatic rings. The van der Waals surface area contributed by atoms with Crippen molar-refractivity contribution < 1.29 is 9.50 Å². The van der Waals surface area contributed by atoms with Crippen LogP contribution in [0.25, 0.3) is 11.0 Å². The lowest BCUT2D eigenvalue weighted by atomic mass is 10.0. The fourth-order valence-electron chi connectivity index (χ4n) is 4.01. The fourth-order valence-corrected chi connectivity index (χ4v) is 6.02. The lowest BCUT2D eigenvalue weighted by molar-refractivity contribution is 0.215. The van der Waals surface area contributed by atoms with Crippen LogP contribution in [0, 0.1) is 5.95 Å². The molecule has 1 aromatic carbocycles. The molecule has 4 nitrogen and oxygen atoms in total. The number of pyridine rings is 2. The number of hydrogen-bond acceptors (Lipinski definition) is 3. The van der Waals surface area contributed by atoms with Crippen molar-refractivity contribution in [3.8, 4) is 0 Å². The van der Waals surface area contributed by atoms with Crippen LogP contribution < -0.4 is 0 Å². The molecule has 1 unspecified atom stereocenters. The summed E-state index contributed by atoms with van der Waals surface area (Å²) in [5.41, 5.74) is 3.42. The molecule has 4 rings (SSSR count). The Balaban J connectivity index is 1.65. The highest BCUT2D eigenvalue weighted by molar-refractivity contribution is 6.79. The van der Waals surface area contributed by atoms with Gasteiger partial charge in [0.05, 0.1) is 0 Å². The third kappa shape index (κ3) is 4.67. The maximum atomic E-state index is 15.1. The average Bonchev–Trinajstić information content (AvgIpc) is 3.18. The SMILES string of the molecule is CC(C)(C)[Si](C)(C)n1cc(C(O)c2ccc(CCc3ccc(Cl)cc3)nc2F)c2cccnc21. The van der Waals surface area contributed by atoms with Gasteiger partial charge in [-0.1, -0.05) is 57.6 Å². The van der Waals surface area contributed by atoms with E-state index in [0.717, 1.165) is 23.0 Å². The van der Waals surface area contributed by atoms with Crippen molar-refractivity contribution in [3.63, 3.8) is 0 Å². The van der Waals surface area contributed by atoms with E-state index in [1.807, 2.05) is 42.6 Å². The highest BCUT2D eigenvalue weighted by Gasteiger charge is 2.39. The molecule has 0 radical (unpaired) electrons. The lowest BCUT2D eigenvalue weighted by Crippen LogP contribution is -2.45. The Kier molecular flexibility index (Phi) is 6.69. The van der Waals surface area contributed by atoms with E-state index in [1.165, 1.54) is 0 Å². The van der Waals surface area contributed by atoms with Crippen LogP contribution >= 0.6 is 11.6 Å². The maximum absolute atomic E-state index is 15.1. The number of aryl methyl sites for hydroxylation is 2. The number of aliphatic hydroxyl groups excluding tert-OH is 1. The Hall–Kier alpha value is -2.54. The van der Waals surface area contributed by atoms with Crippen molar-refractivity contribution in [3.05, 3.63) is 94.3 Å². The topological polar surface area (TPSA) is 50.9 Å². The molecule has 0 aliphatic heterocycles. The lowest BCUT2D eigenvalue weighted by Gasteiger charge is -2.38. The zero-order valence-corrected chi connectivity index (χ0v) is 22.1. The fraction of sp³-hybridized carbons (Fsp3) is 0.333. The van der Waals surface area contributed by atoms with Gasteiger partial charge in [0.15, 0.2) is 8.24 Å². The molecule has 34 heavy (non-hydrogen) atoms. The van der Waals surface area contributed by atoms with Gasteiger partial charge in [0.25, 0.3) is 0 Å². The van der Waals surface area contributed by atoms with E-state index < -0.39 is 20.3 Å². The van der Waals surface area contributed by atoms with Crippen molar-refractivity contribution in [1.29, 1.82) is 0 Å². The first kappa shape index (κ1) is 24.6. The number of benzene rings is 1. The van der Waals surface area contributed by atoms with Gasteiger partial charge < -0.3 is 9.34 Å². The van der Waals surface area contributed by atoms with Gasteiger partial charge >= 0.3 is 0 Å². The maximum Gasteiger partial charge on any atom is 0.219 e. The molecule has 0 saturated heterocycles. The van der Waals surface area contributed by atoms with Gasteiger partial charge in [-0.05, 0) is 59.8 Å². The van der Waals surface area contributed by atoms with Gasteiger partial charge in [-0.25, -0.2) is 9.97 Å². The molecule has 0 spiro atoms. The summed E-state index contributed by atoms with van der Waals surface area (Å²) in [4.78, 5) is 8.78. The first-order chi connectivity index (χ1) is 16.0. The van der Waals surface area contributed by atoms with E-state index >= 15 is 4.39 Å². The molecule has 1 atom stereocenters. The van der Waals surface area contributed by atoms with E-state index in [-0.39, 0.29) is 10.6 Å². The first-order valence-corrected chi connectivity index (χ1v) is 14.9. The highest BCUT2D eigenvalue weighted by atomic mass is 35.5. The molecular weight excluding hydrogens is 465 g/mol. The molecule has 0 saturated carbocycles. The summed E-state index contributed by atoms with van der Waals surface area (Å²) in [5.74, 6) is -0.641. The largest absolute Gasteiger partial charge is 0.383 e. The number of rotatable bonds is 6. The Morgan fingerprint density at radius 2 is 1.74 bits per heavy atom. The van der Waals surface area contributed by atoms with Gasteiger partial charge in [0.1, 0.15) is 11.8 Å². The van der Waals surface area contributed by atoms with Crippen LogP contribution in [0.4, 0.5) is 4.39 Å². The third-order valence-corrected chi connectivity index (χ3v) is 12.6. The smallest absolute Gasteiger partial charge is 0.219 e. The van der Waals surface area contributed by atoms with Crippen molar-refractivity contribution in [2.75, 3.05) is 0 Å². The second-order valence-corrected chi connectivity index (χ2v) is 15.9. The highest BCUT2D eigenvalue weighted by Crippen LogP contribution is 2.40. The second kappa shape index (κ2) is 9.25. The van der Waals surface area contributed by atoms with Crippen LogP contribution in [0.3, 0.4) is 0 Å². The van der Waals surface area contributed by atoms with E-state index in [0.29, 0.717) is 22.7 Å². The summed E-state index contributed by atoms with van der Waals surface area (Å²) < 4.78 is 17.3. The monoisotopic (exact) mass is 495 g/mol. The molecule has 1 N–H and O–H groups in total. The van der Waals surface area contributed by atoms with Crippen LogP contribution in [0.2, 0.25) is 23.2 Å². The zero-order valence-electron chi connectivity index (χ0n) is 20.3. The van der Waals surface area contributed by atoms with Crippen molar-refractivity contribution in [2.45, 2.75) is 57.8 Å². The standard InChI is InChI=1S/C27H31ClFN3OSi/c1-27(2,3)34(4,5)32-17-23(21-7-6-16-30-26(21)32)24(33)22-15-14-20(31-25(22)29)13-10-18-8-11-19(28)12-9-18/h6-9,11-12,14-17,24,33H,10,13H2,1-5H3.